The fourth-order valence-corrected chi connectivity index (χ4v) is 2.67. The molecule has 6 nitrogen and oxygen atoms in total. The van der Waals surface area contributed by atoms with E-state index in [4.69, 9.17) is 19.7 Å². The molecule has 0 atom stereocenters. The van der Waals surface area contributed by atoms with E-state index in [0.717, 1.165) is 25.7 Å². The van der Waals surface area contributed by atoms with Crippen LogP contribution in [0, 0.1) is 0 Å². The van der Waals surface area contributed by atoms with Crippen molar-refractivity contribution in [1.82, 2.24) is 10.1 Å². The van der Waals surface area contributed by atoms with Crippen molar-refractivity contribution in [3.63, 3.8) is 0 Å². The third-order valence-corrected chi connectivity index (χ3v) is 3.92. The number of hydrogen-bond donors (Lipinski definition) is 1. The van der Waals surface area contributed by atoms with Gasteiger partial charge in [-0.15, -0.1) is 0 Å². The molecule has 0 radical (unpaired) electrons. The zero-order chi connectivity index (χ0) is 14.7. The smallest absolute Gasteiger partial charge is 0.264 e. The topological polar surface area (TPSA) is 83.4 Å². The first-order valence-electron chi connectivity index (χ1n) is 7.08. The first-order valence-corrected chi connectivity index (χ1v) is 7.08. The Balaban J connectivity index is 1.66. The Bertz CT molecular complexity index is 588. The normalized spacial score (nSPS) is 17.0. The highest BCUT2D eigenvalue weighted by molar-refractivity contribution is 5.41. The summed E-state index contributed by atoms with van der Waals surface area (Å²) in [5, 5.41) is 4.06. The average Bonchev–Trinajstić information content (AvgIpc) is 3.16. The SMILES string of the molecule is COC1(c2noc(COc3ccc(N)cc3)n2)CCCC1. The second-order valence-electron chi connectivity index (χ2n) is 5.27. The molecule has 6 heteroatoms. The van der Waals surface area contributed by atoms with Crippen molar-refractivity contribution in [2.75, 3.05) is 12.8 Å². The number of nitrogens with zero attached hydrogens (tertiary/aromatic N) is 2. The van der Waals surface area contributed by atoms with Gasteiger partial charge in [-0.3, -0.25) is 0 Å². The van der Waals surface area contributed by atoms with Gasteiger partial charge in [-0.05, 0) is 49.9 Å². The number of benzene rings is 1. The van der Waals surface area contributed by atoms with Crippen molar-refractivity contribution in [1.29, 1.82) is 0 Å². The number of methoxy groups -OCH3 is 1. The molecule has 0 bridgehead atoms. The lowest BCUT2D eigenvalue weighted by molar-refractivity contribution is -0.0178. The number of nitrogens with two attached hydrogens (primary N) is 1. The van der Waals surface area contributed by atoms with Gasteiger partial charge in [0, 0.05) is 12.8 Å². The van der Waals surface area contributed by atoms with Crippen LogP contribution in [0.5, 0.6) is 5.75 Å². The van der Waals surface area contributed by atoms with Crippen molar-refractivity contribution in [2.24, 2.45) is 0 Å². The number of hydrogen-bond acceptors (Lipinski definition) is 6. The van der Waals surface area contributed by atoms with E-state index < -0.39 is 0 Å². The number of ether oxygens (including phenoxy) is 2. The van der Waals surface area contributed by atoms with Crippen LogP contribution in [0.3, 0.4) is 0 Å². The lowest BCUT2D eigenvalue weighted by Crippen LogP contribution is -2.26. The third kappa shape index (κ3) is 2.85. The van der Waals surface area contributed by atoms with E-state index >= 15 is 0 Å². The molecule has 3 rings (SSSR count). The van der Waals surface area contributed by atoms with E-state index in [9.17, 15) is 0 Å². The lowest BCUT2D eigenvalue weighted by Gasteiger charge is -2.22. The number of rotatable bonds is 5. The van der Waals surface area contributed by atoms with Gasteiger partial charge in [0.2, 0.25) is 5.82 Å². The summed E-state index contributed by atoms with van der Waals surface area (Å²) >= 11 is 0. The van der Waals surface area contributed by atoms with Crippen molar-refractivity contribution >= 4 is 5.69 Å². The van der Waals surface area contributed by atoms with E-state index in [1.165, 1.54) is 0 Å². The van der Waals surface area contributed by atoms with Crippen LogP contribution in [0.2, 0.25) is 0 Å². The molecule has 0 aliphatic heterocycles. The predicted octanol–water partition coefficient (Wildman–Crippen LogP) is 2.65. The van der Waals surface area contributed by atoms with Crippen LogP contribution >= 0.6 is 0 Å². The van der Waals surface area contributed by atoms with Gasteiger partial charge in [-0.1, -0.05) is 5.16 Å². The molecule has 21 heavy (non-hydrogen) atoms. The Morgan fingerprint density at radius 3 is 2.62 bits per heavy atom. The maximum atomic E-state index is 5.63. The molecule has 1 saturated carbocycles. The number of anilines is 1. The fraction of sp³-hybridized carbons (Fsp3) is 0.467. The van der Waals surface area contributed by atoms with Gasteiger partial charge in [0.15, 0.2) is 6.61 Å². The van der Waals surface area contributed by atoms with Crippen LogP contribution in [0.25, 0.3) is 0 Å². The molecule has 1 aromatic heterocycles. The van der Waals surface area contributed by atoms with Crippen LogP contribution in [0.15, 0.2) is 28.8 Å². The Morgan fingerprint density at radius 2 is 1.95 bits per heavy atom. The van der Waals surface area contributed by atoms with Crippen LogP contribution in [-0.4, -0.2) is 17.3 Å². The molecule has 0 amide bonds. The summed E-state index contributed by atoms with van der Waals surface area (Å²) in [4.78, 5) is 4.42. The van der Waals surface area contributed by atoms with Gasteiger partial charge in [0.25, 0.3) is 5.89 Å². The first kappa shape index (κ1) is 13.9. The molecule has 1 aromatic carbocycles. The number of aromatic nitrogens is 2. The van der Waals surface area contributed by atoms with Crippen LogP contribution in [0.4, 0.5) is 5.69 Å². The van der Waals surface area contributed by atoms with E-state index in [2.05, 4.69) is 10.1 Å². The second-order valence-corrected chi connectivity index (χ2v) is 5.27. The highest BCUT2D eigenvalue weighted by Gasteiger charge is 2.40. The molecule has 0 saturated heterocycles. The second kappa shape index (κ2) is 5.73. The highest BCUT2D eigenvalue weighted by atomic mass is 16.5. The Labute approximate surface area is 123 Å². The molecular formula is C15H19N3O3. The van der Waals surface area contributed by atoms with Crippen LogP contribution < -0.4 is 10.5 Å². The monoisotopic (exact) mass is 289 g/mol. The van der Waals surface area contributed by atoms with Crippen LogP contribution in [0.1, 0.15) is 37.4 Å². The average molecular weight is 289 g/mol. The minimum atomic E-state index is -0.386. The maximum Gasteiger partial charge on any atom is 0.264 e. The summed E-state index contributed by atoms with van der Waals surface area (Å²) in [6, 6.07) is 7.18. The maximum absolute atomic E-state index is 5.63. The summed E-state index contributed by atoms with van der Waals surface area (Å²) in [5.74, 6) is 1.79. The van der Waals surface area contributed by atoms with Gasteiger partial charge < -0.3 is 19.7 Å². The van der Waals surface area contributed by atoms with E-state index in [-0.39, 0.29) is 12.2 Å². The molecule has 0 spiro atoms. The standard InChI is InChI=1S/C15H19N3O3/c1-19-15(8-2-3-9-15)14-17-13(21-18-14)10-20-12-6-4-11(16)5-7-12/h4-7H,2-3,8-10,16H2,1H3. The Morgan fingerprint density at radius 1 is 1.24 bits per heavy atom. The summed E-state index contributed by atoms with van der Waals surface area (Å²) in [7, 11) is 1.70. The van der Waals surface area contributed by atoms with Crippen molar-refractivity contribution in [3.05, 3.63) is 36.0 Å². The summed E-state index contributed by atoms with van der Waals surface area (Å²) in [5.41, 5.74) is 5.94. The fourth-order valence-electron chi connectivity index (χ4n) is 2.67. The van der Waals surface area contributed by atoms with Crippen molar-refractivity contribution in [2.45, 2.75) is 37.9 Å². The molecule has 2 aromatic rings. The van der Waals surface area contributed by atoms with Gasteiger partial charge in [-0.25, -0.2) is 0 Å². The van der Waals surface area contributed by atoms with E-state index in [0.29, 0.717) is 23.2 Å². The van der Waals surface area contributed by atoms with Crippen molar-refractivity contribution in [3.8, 4) is 5.75 Å². The zero-order valence-electron chi connectivity index (χ0n) is 12.0. The predicted molar refractivity (Wildman–Crippen MR) is 76.6 cm³/mol. The molecule has 1 aliphatic rings. The largest absolute Gasteiger partial charge is 0.484 e. The van der Waals surface area contributed by atoms with Gasteiger partial charge >= 0.3 is 0 Å². The lowest BCUT2D eigenvalue weighted by atomic mass is 10.0. The molecular weight excluding hydrogens is 270 g/mol. The summed E-state index contributed by atoms with van der Waals surface area (Å²) in [6.07, 6.45) is 4.11. The van der Waals surface area contributed by atoms with Crippen LogP contribution in [-0.2, 0) is 16.9 Å². The number of nitrogen functional groups attached to an aromatic ring is 1. The molecule has 1 fully saturated rings. The molecule has 112 valence electrons. The Kier molecular flexibility index (Phi) is 3.79. The minimum Gasteiger partial charge on any atom is -0.484 e. The Hall–Kier alpha value is -2.08. The van der Waals surface area contributed by atoms with Gasteiger partial charge in [-0.2, -0.15) is 4.98 Å². The molecule has 1 aliphatic carbocycles. The quantitative estimate of drug-likeness (QED) is 0.852. The van der Waals surface area contributed by atoms with E-state index in [1.807, 2.05) is 0 Å². The van der Waals surface area contributed by atoms with Crippen molar-refractivity contribution < 1.29 is 14.0 Å². The summed E-state index contributed by atoms with van der Waals surface area (Å²) in [6.45, 7) is 0.233. The zero-order valence-corrected chi connectivity index (χ0v) is 12.0. The first-order chi connectivity index (χ1) is 10.2. The summed E-state index contributed by atoms with van der Waals surface area (Å²) < 4.78 is 16.5. The highest BCUT2D eigenvalue weighted by Crippen LogP contribution is 2.40. The molecule has 0 unspecified atom stereocenters. The minimum absolute atomic E-state index is 0.233. The molecule has 2 N–H and O–H groups in total. The van der Waals surface area contributed by atoms with Gasteiger partial charge in [0.05, 0.1) is 0 Å². The molecule has 1 heterocycles. The van der Waals surface area contributed by atoms with Gasteiger partial charge in [0.1, 0.15) is 11.4 Å². The third-order valence-electron chi connectivity index (χ3n) is 3.92. The van der Waals surface area contributed by atoms with E-state index in [1.54, 1.807) is 31.4 Å².